The van der Waals surface area contributed by atoms with Crippen LogP contribution in [0, 0.1) is 5.92 Å². The van der Waals surface area contributed by atoms with Gasteiger partial charge in [0, 0.05) is 32.3 Å². The van der Waals surface area contributed by atoms with Gasteiger partial charge < -0.3 is 26.0 Å². The smallest absolute Gasteiger partial charge is 0.256 e. The van der Waals surface area contributed by atoms with Crippen LogP contribution in [0.3, 0.4) is 0 Å². The number of hydrogen-bond acceptors (Lipinski definition) is 5. The molecule has 0 spiro atoms. The number of amides is 3. The van der Waals surface area contributed by atoms with Crippen LogP contribution in [0.15, 0.2) is 18.2 Å². The number of anilines is 1. The van der Waals surface area contributed by atoms with Gasteiger partial charge in [0.25, 0.3) is 17.7 Å². The second-order valence-corrected chi connectivity index (χ2v) is 7.75. The molecule has 3 rings (SSSR count). The van der Waals surface area contributed by atoms with Crippen molar-refractivity contribution in [2.24, 2.45) is 11.7 Å². The van der Waals surface area contributed by atoms with Crippen molar-refractivity contribution in [2.75, 3.05) is 32.0 Å². The van der Waals surface area contributed by atoms with E-state index >= 15 is 0 Å². The maximum absolute atomic E-state index is 13.0. The van der Waals surface area contributed by atoms with E-state index in [4.69, 9.17) is 16.2 Å². The van der Waals surface area contributed by atoms with Gasteiger partial charge in [0.2, 0.25) is 0 Å². The molecule has 1 aromatic rings. The standard InChI is InChI=1S/C20H28N4O4/c1-12-6-9-28-16(10-12)20(27)23-7-8-24(13(2)11-23)19(26)15-5-3-4-14(17(15)21)18(22)25/h3-5,12-13,16H,6-11,21H2,1-2H3,(H2,22,25)/t12-,13-,16-/m0/s1. The van der Waals surface area contributed by atoms with E-state index in [1.165, 1.54) is 6.07 Å². The Hall–Kier alpha value is -2.61. The average Bonchev–Trinajstić information content (AvgIpc) is 2.66. The monoisotopic (exact) mass is 388 g/mol. The van der Waals surface area contributed by atoms with Crippen LogP contribution in [0.1, 0.15) is 47.4 Å². The molecular formula is C20H28N4O4. The minimum atomic E-state index is -0.669. The molecule has 152 valence electrons. The number of primary amides is 1. The summed E-state index contributed by atoms with van der Waals surface area (Å²) in [4.78, 5) is 40.7. The lowest BCUT2D eigenvalue weighted by Gasteiger charge is -2.41. The molecule has 1 aromatic carbocycles. The van der Waals surface area contributed by atoms with Crippen molar-refractivity contribution >= 4 is 23.4 Å². The molecule has 0 unspecified atom stereocenters. The number of carbonyl (C=O) groups is 3. The van der Waals surface area contributed by atoms with Crippen LogP contribution >= 0.6 is 0 Å². The zero-order chi connectivity index (χ0) is 20.4. The molecular weight excluding hydrogens is 360 g/mol. The van der Waals surface area contributed by atoms with E-state index in [-0.39, 0.29) is 40.8 Å². The first-order valence-corrected chi connectivity index (χ1v) is 9.69. The van der Waals surface area contributed by atoms with Crippen LogP contribution in [0.25, 0.3) is 0 Å². The number of nitrogens with zero attached hydrogens (tertiary/aromatic N) is 2. The molecule has 0 saturated carbocycles. The highest BCUT2D eigenvalue weighted by molar-refractivity contribution is 6.06. The first kappa shape index (κ1) is 20.1. The topological polar surface area (TPSA) is 119 Å². The Labute approximate surface area is 164 Å². The lowest BCUT2D eigenvalue weighted by molar-refractivity contribution is -0.150. The number of hydrogen-bond donors (Lipinski definition) is 2. The zero-order valence-corrected chi connectivity index (χ0v) is 16.4. The Morgan fingerprint density at radius 2 is 1.86 bits per heavy atom. The molecule has 4 N–H and O–H groups in total. The van der Waals surface area contributed by atoms with E-state index < -0.39 is 5.91 Å². The number of rotatable bonds is 3. The molecule has 0 aromatic heterocycles. The molecule has 3 atom stereocenters. The summed E-state index contributed by atoms with van der Waals surface area (Å²) < 4.78 is 5.66. The average molecular weight is 388 g/mol. The van der Waals surface area contributed by atoms with Gasteiger partial charge in [-0.2, -0.15) is 0 Å². The van der Waals surface area contributed by atoms with Crippen molar-refractivity contribution in [1.29, 1.82) is 0 Å². The molecule has 2 heterocycles. The number of para-hydroxylation sites is 1. The fraction of sp³-hybridized carbons (Fsp3) is 0.550. The first-order valence-electron chi connectivity index (χ1n) is 9.69. The van der Waals surface area contributed by atoms with Gasteiger partial charge in [-0.1, -0.05) is 13.0 Å². The van der Waals surface area contributed by atoms with Crippen LogP contribution in [-0.4, -0.2) is 65.9 Å². The first-order chi connectivity index (χ1) is 13.3. The quantitative estimate of drug-likeness (QED) is 0.744. The van der Waals surface area contributed by atoms with Gasteiger partial charge in [-0.05, 0) is 37.8 Å². The Morgan fingerprint density at radius 3 is 2.50 bits per heavy atom. The second-order valence-electron chi connectivity index (χ2n) is 7.75. The largest absolute Gasteiger partial charge is 0.397 e. The molecule has 0 bridgehead atoms. The third kappa shape index (κ3) is 3.96. The summed E-state index contributed by atoms with van der Waals surface area (Å²) >= 11 is 0. The maximum atomic E-state index is 13.0. The number of nitrogen functional groups attached to an aromatic ring is 1. The van der Waals surface area contributed by atoms with E-state index in [1.54, 1.807) is 21.9 Å². The number of nitrogens with two attached hydrogens (primary N) is 2. The van der Waals surface area contributed by atoms with E-state index in [0.29, 0.717) is 32.2 Å². The number of piperazine rings is 1. The van der Waals surface area contributed by atoms with Crippen molar-refractivity contribution in [3.05, 3.63) is 29.3 Å². The van der Waals surface area contributed by atoms with Crippen LogP contribution in [0.2, 0.25) is 0 Å². The summed E-state index contributed by atoms with van der Waals surface area (Å²) in [6.45, 7) is 5.92. The predicted molar refractivity (Wildman–Crippen MR) is 105 cm³/mol. The fourth-order valence-corrected chi connectivity index (χ4v) is 3.92. The highest BCUT2D eigenvalue weighted by Crippen LogP contribution is 2.24. The lowest BCUT2D eigenvalue weighted by Crippen LogP contribution is -2.57. The van der Waals surface area contributed by atoms with Gasteiger partial charge in [0.15, 0.2) is 0 Å². The molecule has 8 nitrogen and oxygen atoms in total. The summed E-state index contributed by atoms with van der Waals surface area (Å²) in [6.07, 6.45) is 1.33. The summed E-state index contributed by atoms with van der Waals surface area (Å²) in [5.41, 5.74) is 11.8. The fourth-order valence-electron chi connectivity index (χ4n) is 3.92. The molecule has 8 heteroatoms. The Kier molecular flexibility index (Phi) is 5.88. The van der Waals surface area contributed by atoms with Gasteiger partial charge in [0.1, 0.15) is 6.10 Å². The van der Waals surface area contributed by atoms with Gasteiger partial charge in [-0.25, -0.2) is 0 Å². The highest BCUT2D eigenvalue weighted by Gasteiger charge is 2.35. The highest BCUT2D eigenvalue weighted by atomic mass is 16.5. The Balaban J connectivity index is 1.69. The van der Waals surface area contributed by atoms with Crippen LogP contribution in [0.5, 0.6) is 0 Å². The normalized spacial score (nSPS) is 25.4. The van der Waals surface area contributed by atoms with Gasteiger partial charge in [-0.15, -0.1) is 0 Å². The number of ether oxygens (including phenoxy) is 1. The molecule has 2 fully saturated rings. The molecule has 0 radical (unpaired) electrons. The third-order valence-electron chi connectivity index (χ3n) is 5.62. The predicted octanol–water partition coefficient (Wildman–Crippen LogP) is 0.856. The van der Waals surface area contributed by atoms with Crippen molar-refractivity contribution in [3.63, 3.8) is 0 Å². The van der Waals surface area contributed by atoms with Crippen LogP contribution in [0.4, 0.5) is 5.69 Å². The van der Waals surface area contributed by atoms with E-state index in [9.17, 15) is 14.4 Å². The number of carbonyl (C=O) groups excluding carboxylic acids is 3. The SMILES string of the molecule is C[C@H]1CCO[C@H](C(=O)N2CCN(C(=O)c3cccc(C(N)=O)c3N)[C@@H](C)C2)C1. The molecule has 2 saturated heterocycles. The van der Waals surface area contributed by atoms with Gasteiger partial charge in [-0.3, -0.25) is 14.4 Å². The van der Waals surface area contributed by atoms with E-state index in [2.05, 4.69) is 6.92 Å². The van der Waals surface area contributed by atoms with Crippen molar-refractivity contribution in [2.45, 2.75) is 38.8 Å². The Morgan fingerprint density at radius 1 is 1.14 bits per heavy atom. The molecule has 2 aliphatic heterocycles. The van der Waals surface area contributed by atoms with Crippen LogP contribution < -0.4 is 11.5 Å². The minimum absolute atomic E-state index is 0.000684. The van der Waals surface area contributed by atoms with E-state index in [1.807, 2.05) is 6.92 Å². The third-order valence-corrected chi connectivity index (χ3v) is 5.62. The zero-order valence-electron chi connectivity index (χ0n) is 16.4. The molecule has 3 amide bonds. The lowest BCUT2D eigenvalue weighted by atomic mass is 9.96. The van der Waals surface area contributed by atoms with Crippen molar-refractivity contribution in [1.82, 2.24) is 9.80 Å². The van der Waals surface area contributed by atoms with Gasteiger partial charge in [0.05, 0.1) is 16.8 Å². The van der Waals surface area contributed by atoms with Crippen molar-refractivity contribution in [3.8, 4) is 0 Å². The Bertz CT molecular complexity index is 781. The summed E-state index contributed by atoms with van der Waals surface area (Å²) in [5.74, 6) is -0.454. The molecule has 28 heavy (non-hydrogen) atoms. The number of benzene rings is 1. The molecule has 2 aliphatic rings. The molecule has 0 aliphatic carbocycles. The summed E-state index contributed by atoms with van der Waals surface area (Å²) in [7, 11) is 0. The van der Waals surface area contributed by atoms with Crippen LogP contribution in [-0.2, 0) is 9.53 Å². The van der Waals surface area contributed by atoms with Gasteiger partial charge >= 0.3 is 0 Å². The van der Waals surface area contributed by atoms with E-state index in [0.717, 1.165) is 12.8 Å². The maximum Gasteiger partial charge on any atom is 0.256 e. The summed E-state index contributed by atoms with van der Waals surface area (Å²) in [5, 5.41) is 0. The van der Waals surface area contributed by atoms with Crippen molar-refractivity contribution < 1.29 is 19.1 Å². The summed E-state index contributed by atoms with van der Waals surface area (Å²) in [6, 6.07) is 4.50. The second kappa shape index (κ2) is 8.18. The minimum Gasteiger partial charge on any atom is -0.397 e.